The van der Waals surface area contributed by atoms with Crippen molar-refractivity contribution in [3.63, 3.8) is 0 Å². The topological polar surface area (TPSA) is 0 Å². The monoisotopic (exact) mass is 168 g/mol. The maximum Gasteiger partial charge on any atom is -0.0279 e. The molecule has 0 aromatic heterocycles. The molecule has 1 rings (SSSR count). The van der Waals surface area contributed by atoms with Crippen molar-refractivity contribution in [2.45, 2.75) is 32.6 Å². The molecule has 0 amide bonds. The van der Waals surface area contributed by atoms with Gasteiger partial charge in [-0.3, -0.25) is 4.70 Å². The minimum atomic E-state index is 0. The zero-order valence-electron chi connectivity index (χ0n) is 7.62. The maximum atomic E-state index is 2.24. The Bertz CT molecular complexity index is 181. The second-order valence-electron chi connectivity index (χ2n) is 2.94. The van der Waals surface area contributed by atoms with Crippen LogP contribution in [-0.4, -0.2) is 0 Å². The Morgan fingerprint density at radius 1 is 1.00 bits per heavy atom. The Balaban J connectivity index is 0.00000121. The minimum Gasteiger partial charge on any atom is -0.269 e. The van der Waals surface area contributed by atoms with E-state index >= 15 is 0 Å². The molecule has 0 saturated heterocycles. The van der Waals surface area contributed by atoms with E-state index in [1.54, 1.807) is 0 Å². The van der Waals surface area contributed by atoms with Crippen LogP contribution in [0, 0.1) is 0 Å². The molecule has 1 aromatic carbocycles. The largest absolute Gasteiger partial charge is 0.269 e. The molecule has 0 N–H and O–H groups in total. The molecular weight excluding hydrogens is 151 g/mol. The molecule has 0 aliphatic heterocycles. The van der Waals surface area contributed by atoms with Gasteiger partial charge < -0.3 is 0 Å². The second-order valence-corrected chi connectivity index (χ2v) is 2.94. The van der Waals surface area contributed by atoms with Gasteiger partial charge >= 0.3 is 0 Å². The van der Waals surface area contributed by atoms with Gasteiger partial charge in [0.2, 0.25) is 0 Å². The van der Waals surface area contributed by atoms with Crippen molar-refractivity contribution in [3.05, 3.63) is 35.9 Å². The lowest BCUT2D eigenvalue weighted by molar-refractivity contribution is 0.717. The molecule has 0 bridgehead atoms. The smallest absolute Gasteiger partial charge is 0.0279 e. The fraction of sp³-hybridized carbons (Fsp3) is 0.455. The molecular formula is C11H17F. The summed E-state index contributed by atoms with van der Waals surface area (Å²) in [7, 11) is 0. The van der Waals surface area contributed by atoms with Crippen molar-refractivity contribution in [1.82, 2.24) is 0 Å². The van der Waals surface area contributed by atoms with Crippen LogP contribution in [0.3, 0.4) is 0 Å². The van der Waals surface area contributed by atoms with E-state index in [9.17, 15) is 0 Å². The molecule has 0 unspecified atom stereocenters. The first-order valence-corrected chi connectivity index (χ1v) is 4.47. The van der Waals surface area contributed by atoms with Gasteiger partial charge in [0.25, 0.3) is 0 Å². The minimum absolute atomic E-state index is 0. The number of hydrogen-bond acceptors (Lipinski definition) is 0. The van der Waals surface area contributed by atoms with Crippen molar-refractivity contribution in [2.75, 3.05) is 0 Å². The van der Waals surface area contributed by atoms with E-state index in [0.29, 0.717) is 0 Å². The lowest BCUT2D eigenvalue weighted by atomic mass is 10.1. The highest BCUT2D eigenvalue weighted by Crippen LogP contribution is 2.05. The van der Waals surface area contributed by atoms with Gasteiger partial charge in [-0.05, 0) is 18.4 Å². The highest BCUT2D eigenvalue weighted by Gasteiger charge is 1.89. The molecule has 0 fully saturated rings. The SMILES string of the molecule is CCCCCc1ccccc1.F. The summed E-state index contributed by atoms with van der Waals surface area (Å²) in [5.74, 6) is 0. The lowest BCUT2D eigenvalue weighted by Gasteiger charge is -1.98. The quantitative estimate of drug-likeness (QED) is 0.603. The van der Waals surface area contributed by atoms with Crippen LogP contribution >= 0.6 is 0 Å². The average molecular weight is 168 g/mol. The van der Waals surface area contributed by atoms with Crippen LogP contribution < -0.4 is 0 Å². The van der Waals surface area contributed by atoms with Gasteiger partial charge in [-0.1, -0.05) is 50.1 Å². The number of aryl methyl sites for hydroxylation is 1. The molecule has 68 valence electrons. The fourth-order valence-electron chi connectivity index (χ4n) is 1.22. The van der Waals surface area contributed by atoms with Gasteiger partial charge in [0.1, 0.15) is 0 Å². The molecule has 12 heavy (non-hydrogen) atoms. The summed E-state index contributed by atoms with van der Waals surface area (Å²) in [5, 5.41) is 0. The molecule has 1 aromatic rings. The number of halogens is 1. The predicted molar refractivity (Wildman–Crippen MR) is 52.2 cm³/mol. The maximum absolute atomic E-state index is 2.24. The third kappa shape index (κ3) is 4.12. The number of unbranched alkanes of at least 4 members (excludes halogenated alkanes) is 2. The first-order valence-electron chi connectivity index (χ1n) is 4.47. The molecule has 0 saturated carbocycles. The van der Waals surface area contributed by atoms with E-state index in [-0.39, 0.29) is 4.70 Å². The third-order valence-electron chi connectivity index (χ3n) is 1.91. The van der Waals surface area contributed by atoms with Crippen LogP contribution in [-0.2, 0) is 6.42 Å². The molecule has 0 aliphatic carbocycles. The first-order chi connectivity index (χ1) is 5.43. The molecule has 0 radical (unpaired) electrons. The molecule has 0 aliphatic rings. The molecule has 0 heterocycles. The summed E-state index contributed by atoms with van der Waals surface area (Å²) in [5.41, 5.74) is 1.47. The highest BCUT2D eigenvalue weighted by atomic mass is 19.0. The van der Waals surface area contributed by atoms with E-state index in [1.165, 1.54) is 31.2 Å². The van der Waals surface area contributed by atoms with E-state index in [0.717, 1.165) is 0 Å². The number of hydrogen-bond donors (Lipinski definition) is 0. The Labute approximate surface area is 74.0 Å². The molecule has 0 spiro atoms. The van der Waals surface area contributed by atoms with Crippen molar-refractivity contribution < 1.29 is 4.70 Å². The molecule has 0 nitrogen and oxygen atoms in total. The van der Waals surface area contributed by atoms with Gasteiger partial charge in [-0.15, -0.1) is 0 Å². The third-order valence-corrected chi connectivity index (χ3v) is 1.91. The summed E-state index contributed by atoms with van der Waals surface area (Å²) >= 11 is 0. The highest BCUT2D eigenvalue weighted by molar-refractivity contribution is 5.14. The summed E-state index contributed by atoms with van der Waals surface area (Å²) in [4.78, 5) is 0. The fourth-order valence-corrected chi connectivity index (χ4v) is 1.22. The molecule has 0 atom stereocenters. The average Bonchev–Trinajstić information content (AvgIpc) is 2.07. The number of rotatable bonds is 4. The van der Waals surface area contributed by atoms with Gasteiger partial charge in [0.15, 0.2) is 0 Å². The van der Waals surface area contributed by atoms with Crippen molar-refractivity contribution in [3.8, 4) is 0 Å². The van der Waals surface area contributed by atoms with Crippen molar-refractivity contribution in [1.29, 1.82) is 0 Å². The first kappa shape index (κ1) is 11.2. The van der Waals surface area contributed by atoms with Gasteiger partial charge in [0.05, 0.1) is 0 Å². The van der Waals surface area contributed by atoms with Crippen LogP contribution in [0.15, 0.2) is 30.3 Å². The van der Waals surface area contributed by atoms with Crippen LogP contribution in [0.1, 0.15) is 31.7 Å². The second kappa shape index (κ2) is 6.84. The zero-order chi connectivity index (χ0) is 7.94. The van der Waals surface area contributed by atoms with Gasteiger partial charge in [0, 0.05) is 0 Å². The van der Waals surface area contributed by atoms with Crippen LogP contribution in [0.25, 0.3) is 0 Å². The lowest BCUT2D eigenvalue weighted by Crippen LogP contribution is -1.83. The van der Waals surface area contributed by atoms with E-state index < -0.39 is 0 Å². The Morgan fingerprint density at radius 3 is 2.25 bits per heavy atom. The van der Waals surface area contributed by atoms with Crippen molar-refractivity contribution in [2.24, 2.45) is 0 Å². The van der Waals surface area contributed by atoms with E-state index in [2.05, 4.69) is 37.3 Å². The van der Waals surface area contributed by atoms with Crippen LogP contribution in [0.4, 0.5) is 4.70 Å². The van der Waals surface area contributed by atoms with Crippen LogP contribution in [0.5, 0.6) is 0 Å². The summed E-state index contributed by atoms with van der Waals surface area (Å²) in [6.45, 7) is 2.24. The standard InChI is InChI=1S/C11H16.FH/c1-2-3-5-8-11-9-6-4-7-10-11;/h4,6-7,9-10H,2-3,5,8H2,1H3;1H. The number of benzene rings is 1. The van der Waals surface area contributed by atoms with Gasteiger partial charge in [-0.25, -0.2) is 0 Å². The summed E-state index contributed by atoms with van der Waals surface area (Å²) in [6.07, 6.45) is 5.25. The van der Waals surface area contributed by atoms with E-state index in [1.807, 2.05) is 0 Å². The van der Waals surface area contributed by atoms with Gasteiger partial charge in [-0.2, -0.15) is 0 Å². The Kier molecular flexibility index (Phi) is 6.35. The zero-order valence-corrected chi connectivity index (χ0v) is 7.62. The normalized spacial score (nSPS) is 9.08. The Morgan fingerprint density at radius 2 is 1.67 bits per heavy atom. The van der Waals surface area contributed by atoms with Crippen LogP contribution in [0.2, 0.25) is 0 Å². The summed E-state index contributed by atoms with van der Waals surface area (Å²) < 4.78 is 0. The van der Waals surface area contributed by atoms with Crippen molar-refractivity contribution >= 4 is 0 Å². The summed E-state index contributed by atoms with van der Waals surface area (Å²) in [6, 6.07) is 10.7. The molecule has 1 heteroatoms. The predicted octanol–water partition coefficient (Wildman–Crippen LogP) is 3.57. The Hall–Kier alpha value is -0.850. The van der Waals surface area contributed by atoms with E-state index in [4.69, 9.17) is 0 Å².